The normalized spacial score (nSPS) is 23.1. The lowest BCUT2D eigenvalue weighted by atomic mass is 9.78. The second-order valence-corrected chi connectivity index (χ2v) is 12.2. The van der Waals surface area contributed by atoms with Crippen LogP contribution in [0.15, 0.2) is 30.6 Å². The highest BCUT2D eigenvalue weighted by Crippen LogP contribution is 2.36. The SMILES string of the molecule is CNC(=O)C1CCN(C2CCN(C(=O)c3ncnc(NCC4CCCC(c5ccc(C)cc5)C4)c3C)CC2)CC1. The van der Waals surface area contributed by atoms with Crippen LogP contribution >= 0.6 is 0 Å². The smallest absolute Gasteiger partial charge is 0.272 e. The first-order chi connectivity index (χ1) is 19.4. The molecule has 40 heavy (non-hydrogen) atoms. The van der Waals surface area contributed by atoms with Gasteiger partial charge in [-0.15, -0.1) is 0 Å². The van der Waals surface area contributed by atoms with Crippen molar-refractivity contribution in [3.8, 4) is 0 Å². The largest absolute Gasteiger partial charge is 0.369 e. The number of nitrogens with zero attached hydrogens (tertiary/aromatic N) is 4. The van der Waals surface area contributed by atoms with Crippen LogP contribution in [0.4, 0.5) is 5.82 Å². The molecule has 1 saturated carbocycles. The highest BCUT2D eigenvalue weighted by molar-refractivity contribution is 5.94. The molecule has 2 atom stereocenters. The van der Waals surface area contributed by atoms with Gasteiger partial charge in [-0.3, -0.25) is 9.59 Å². The zero-order chi connectivity index (χ0) is 28.1. The summed E-state index contributed by atoms with van der Waals surface area (Å²) < 4.78 is 0. The summed E-state index contributed by atoms with van der Waals surface area (Å²) in [5.41, 5.74) is 4.13. The quantitative estimate of drug-likeness (QED) is 0.530. The maximum absolute atomic E-state index is 13.5. The van der Waals surface area contributed by atoms with Crippen LogP contribution in [0.3, 0.4) is 0 Å². The summed E-state index contributed by atoms with van der Waals surface area (Å²) in [5, 5.41) is 6.36. The molecule has 2 saturated heterocycles. The summed E-state index contributed by atoms with van der Waals surface area (Å²) in [5.74, 6) is 2.31. The van der Waals surface area contributed by atoms with Crippen LogP contribution in [-0.4, -0.2) is 77.4 Å². The van der Waals surface area contributed by atoms with Gasteiger partial charge in [0.2, 0.25) is 5.91 Å². The Morgan fingerprint density at radius 1 is 0.925 bits per heavy atom. The molecule has 3 fully saturated rings. The minimum absolute atomic E-state index is 0.0110. The number of carbonyl (C=O) groups is 2. The van der Waals surface area contributed by atoms with Gasteiger partial charge in [0.05, 0.1) is 0 Å². The average molecular weight is 547 g/mol. The molecular formula is C32H46N6O2. The molecule has 3 heterocycles. The van der Waals surface area contributed by atoms with Crippen LogP contribution in [0.2, 0.25) is 0 Å². The van der Waals surface area contributed by atoms with E-state index in [-0.39, 0.29) is 17.7 Å². The van der Waals surface area contributed by atoms with Gasteiger partial charge in [-0.05, 0) is 89.3 Å². The summed E-state index contributed by atoms with van der Waals surface area (Å²) in [6, 6.07) is 9.51. The van der Waals surface area contributed by atoms with Gasteiger partial charge < -0.3 is 20.4 Å². The van der Waals surface area contributed by atoms with Crippen molar-refractivity contribution >= 4 is 17.6 Å². The Labute approximate surface area is 239 Å². The third kappa shape index (κ3) is 6.65. The predicted octanol–water partition coefficient (Wildman–Crippen LogP) is 4.54. The standard InChI is InChI=1S/C32H46N6O2/c1-22-7-9-25(10-8-22)27-6-4-5-24(19-27)20-34-30-23(2)29(35-21-36-30)32(40)38-17-13-28(14-18-38)37-15-11-26(12-16-37)31(39)33-3/h7-10,21,24,26-28H,4-6,11-20H2,1-3H3,(H,33,39)(H,34,35,36). The van der Waals surface area contributed by atoms with Crippen LogP contribution in [0, 0.1) is 25.7 Å². The number of nitrogens with one attached hydrogen (secondary N) is 2. The first-order valence-electron chi connectivity index (χ1n) is 15.3. The molecule has 0 radical (unpaired) electrons. The molecule has 2 amide bonds. The molecule has 3 aliphatic rings. The first kappa shape index (κ1) is 28.5. The fraction of sp³-hybridized carbons (Fsp3) is 0.625. The number of hydrogen-bond donors (Lipinski definition) is 2. The van der Waals surface area contributed by atoms with Gasteiger partial charge in [0.15, 0.2) is 0 Å². The molecule has 2 unspecified atom stereocenters. The van der Waals surface area contributed by atoms with Crippen molar-refractivity contribution in [3.63, 3.8) is 0 Å². The Morgan fingerprint density at radius 2 is 1.65 bits per heavy atom. The van der Waals surface area contributed by atoms with Crippen LogP contribution in [0.1, 0.15) is 84.5 Å². The molecule has 8 nitrogen and oxygen atoms in total. The molecule has 2 aromatic rings. The van der Waals surface area contributed by atoms with E-state index in [4.69, 9.17) is 0 Å². The Bertz CT molecular complexity index is 1150. The van der Waals surface area contributed by atoms with Crippen molar-refractivity contribution in [2.75, 3.05) is 45.1 Å². The molecule has 216 valence electrons. The summed E-state index contributed by atoms with van der Waals surface area (Å²) in [6.45, 7) is 8.39. The summed E-state index contributed by atoms with van der Waals surface area (Å²) in [6.07, 6.45) is 10.2. The lowest BCUT2D eigenvalue weighted by Crippen LogP contribution is -2.50. The van der Waals surface area contributed by atoms with E-state index >= 15 is 0 Å². The monoisotopic (exact) mass is 546 g/mol. The van der Waals surface area contributed by atoms with Crippen LogP contribution in [-0.2, 0) is 4.79 Å². The second kappa shape index (κ2) is 13.1. The van der Waals surface area contributed by atoms with Crippen molar-refractivity contribution in [2.24, 2.45) is 11.8 Å². The summed E-state index contributed by atoms with van der Waals surface area (Å²) >= 11 is 0. The van der Waals surface area contributed by atoms with Crippen LogP contribution in [0.5, 0.6) is 0 Å². The first-order valence-corrected chi connectivity index (χ1v) is 15.3. The average Bonchev–Trinajstić information content (AvgIpc) is 3.00. The molecule has 0 spiro atoms. The Hall–Kier alpha value is -3.00. The Morgan fingerprint density at radius 3 is 2.35 bits per heavy atom. The molecule has 2 N–H and O–H groups in total. The molecule has 5 rings (SSSR count). The van der Waals surface area contributed by atoms with Crippen LogP contribution < -0.4 is 10.6 Å². The van der Waals surface area contributed by atoms with Crippen LogP contribution in [0.25, 0.3) is 0 Å². The lowest BCUT2D eigenvalue weighted by molar-refractivity contribution is -0.126. The fourth-order valence-electron chi connectivity index (χ4n) is 7.02. The van der Waals surface area contributed by atoms with Crippen molar-refractivity contribution < 1.29 is 9.59 Å². The van der Waals surface area contributed by atoms with E-state index < -0.39 is 0 Å². The number of carbonyl (C=O) groups excluding carboxylic acids is 2. The minimum atomic E-state index is 0.0110. The number of aromatic nitrogens is 2. The topological polar surface area (TPSA) is 90.5 Å². The number of rotatable bonds is 7. The van der Waals surface area contributed by atoms with Gasteiger partial charge in [0.1, 0.15) is 17.8 Å². The summed E-state index contributed by atoms with van der Waals surface area (Å²) in [4.78, 5) is 38.9. The zero-order valence-corrected chi connectivity index (χ0v) is 24.5. The second-order valence-electron chi connectivity index (χ2n) is 12.2. The van der Waals surface area contributed by atoms with Gasteiger partial charge >= 0.3 is 0 Å². The molecular weight excluding hydrogens is 500 g/mol. The zero-order valence-electron chi connectivity index (χ0n) is 24.5. The molecule has 2 aliphatic heterocycles. The van der Waals surface area contributed by atoms with Crippen molar-refractivity contribution in [1.29, 1.82) is 0 Å². The number of benzene rings is 1. The molecule has 1 aromatic carbocycles. The Balaban J connectivity index is 1.12. The number of aryl methyl sites for hydroxylation is 1. The fourth-order valence-corrected chi connectivity index (χ4v) is 7.02. The van der Waals surface area contributed by atoms with E-state index in [1.54, 1.807) is 7.05 Å². The van der Waals surface area contributed by atoms with Crippen molar-refractivity contribution in [1.82, 2.24) is 25.1 Å². The van der Waals surface area contributed by atoms with E-state index in [2.05, 4.69) is 56.7 Å². The molecule has 1 aliphatic carbocycles. The van der Waals surface area contributed by atoms with Gasteiger partial charge in [0, 0.05) is 44.2 Å². The van der Waals surface area contributed by atoms with Gasteiger partial charge in [0.25, 0.3) is 5.91 Å². The van der Waals surface area contributed by atoms with E-state index in [9.17, 15) is 9.59 Å². The number of hydrogen-bond acceptors (Lipinski definition) is 6. The summed E-state index contributed by atoms with van der Waals surface area (Å²) in [7, 11) is 1.72. The minimum Gasteiger partial charge on any atom is -0.369 e. The van der Waals surface area contributed by atoms with Gasteiger partial charge in [-0.25, -0.2) is 9.97 Å². The molecule has 0 bridgehead atoms. The highest BCUT2D eigenvalue weighted by Gasteiger charge is 2.32. The maximum Gasteiger partial charge on any atom is 0.272 e. The number of anilines is 1. The molecule has 1 aromatic heterocycles. The lowest BCUT2D eigenvalue weighted by Gasteiger charge is -2.41. The van der Waals surface area contributed by atoms with E-state index in [0.717, 1.165) is 69.8 Å². The van der Waals surface area contributed by atoms with Crippen molar-refractivity contribution in [2.45, 2.75) is 77.2 Å². The van der Waals surface area contributed by atoms with Gasteiger partial charge in [-0.1, -0.05) is 36.2 Å². The third-order valence-corrected chi connectivity index (χ3v) is 9.59. The number of piperidine rings is 2. The van der Waals surface area contributed by atoms with Gasteiger partial charge in [-0.2, -0.15) is 0 Å². The third-order valence-electron chi connectivity index (χ3n) is 9.59. The molecule has 8 heteroatoms. The number of amides is 2. The van der Waals surface area contributed by atoms with E-state index in [1.165, 1.54) is 43.1 Å². The van der Waals surface area contributed by atoms with E-state index in [1.807, 2.05) is 11.8 Å². The highest BCUT2D eigenvalue weighted by atomic mass is 16.2. The number of likely N-dealkylation sites (tertiary alicyclic amines) is 2. The predicted molar refractivity (Wildman–Crippen MR) is 158 cm³/mol. The Kier molecular flexibility index (Phi) is 9.35. The van der Waals surface area contributed by atoms with E-state index in [0.29, 0.717) is 23.6 Å². The van der Waals surface area contributed by atoms with Crippen molar-refractivity contribution in [3.05, 3.63) is 53.0 Å². The maximum atomic E-state index is 13.5.